The molecular weight excluding hydrogens is 421 g/mol. The largest absolute Gasteiger partial charge is 0.435 e. The molecule has 3 heterocycles. The molecule has 11 heteroatoms. The van der Waals surface area contributed by atoms with Crippen LogP contribution >= 0.6 is 0 Å². The van der Waals surface area contributed by atoms with Gasteiger partial charge in [0.1, 0.15) is 22.9 Å². The lowest BCUT2D eigenvalue weighted by Gasteiger charge is -2.12. The normalized spacial score (nSPS) is 11.8. The van der Waals surface area contributed by atoms with Gasteiger partial charge in [0.05, 0.1) is 5.69 Å². The first-order chi connectivity index (χ1) is 14.7. The lowest BCUT2D eigenvalue weighted by molar-refractivity contribution is -0.140. The number of imidazole rings is 1. The summed E-state index contributed by atoms with van der Waals surface area (Å²) in [5, 5.41) is 2.89. The molecule has 160 valence electrons. The van der Waals surface area contributed by atoms with Crippen molar-refractivity contribution in [3.05, 3.63) is 66.5 Å². The van der Waals surface area contributed by atoms with Crippen LogP contribution < -0.4 is 15.8 Å². The number of nitrogen functional groups attached to an aromatic ring is 1. The van der Waals surface area contributed by atoms with Gasteiger partial charge in [-0.2, -0.15) is 22.0 Å². The number of aromatic nitrogens is 3. The number of hydrogen-bond donors (Lipinski definition) is 2. The molecule has 6 nitrogen and oxygen atoms in total. The highest BCUT2D eigenvalue weighted by Crippen LogP contribution is 2.37. The number of anilines is 3. The van der Waals surface area contributed by atoms with E-state index in [-0.39, 0.29) is 34.3 Å². The van der Waals surface area contributed by atoms with Crippen LogP contribution in [0, 0.1) is 0 Å². The lowest BCUT2D eigenvalue weighted by atomic mass is 10.2. The van der Waals surface area contributed by atoms with Crippen molar-refractivity contribution < 1.29 is 26.7 Å². The van der Waals surface area contributed by atoms with Crippen molar-refractivity contribution in [2.24, 2.45) is 0 Å². The van der Waals surface area contributed by atoms with Crippen LogP contribution in [0.2, 0.25) is 0 Å². The molecule has 0 radical (unpaired) electrons. The number of fused-ring (bicyclic) bond motifs is 1. The molecule has 1 aromatic carbocycles. The molecule has 0 saturated carbocycles. The zero-order valence-corrected chi connectivity index (χ0v) is 15.6. The predicted octanol–water partition coefficient (Wildman–Crippen LogP) is 5.34. The Balaban J connectivity index is 1.74. The maximum absolute atomic E-state index is 13.6. The van der Waals surface area contributed by atoms with Gasteiger partial charge in [-0.25, -0.2) is 9.97 Å². The highest BCUT2D eigenvalue weighted by molar-refractivity contribution is 5.71. The van der Waals surface area contributed by atoms with Gasteiger partial charge in [0.25, 0.3) is 0 Å². The average molecular weight is 435 g/mol. The first-order valence-electron chi connectivity index (χ1n) is 8.85. The quantitative estimate of drug-likeness (QED) is 0.414. The molecule has 0 aliphatic carbocycles. The fourth-order valence-electron chi connectivity index (χ4n) is 3.04. The Morgan fingerprint density at radius 3 is 2.42 bits per heavy atom. The van der Waals surface area contributed by atoms with Crippen molar-refractivity contribution in [3.8, 4) is 17.1 Å². The fraction of sp³-hybridized carbons (Fsp3) is 0.100. The van der Waals surface area contributed by atoms with E-state index in [1.807, 2.05) is 0 Å². The van der Waals surface area contributed by atoms with Crippen LogP contribution in [0.15, 0.2) is 60.8 Å². The SMILES string of the molecule is Nc1cc(Nc2ccc(OC(F)F)cc2)nc(-c2c(C(F)(F)F)nc3ccccn23)c1. The zero-order valence-electron chi connectivity index (χ0n) is 15.6. The number of alkyl halides is 5. The molecule has 0 aliphatic heterocycles. The molecule has 3 aromatic heterocycles. The van der Waals surface area contributed by atoms with Crippen molar-refractivity contribution >= 4 is 22.8 Å². The molecule has 0 atom stereocenters. The van der Waals surface area contributed by atoms with E-state index in [9.17, 15) is 22.0 Å². The number of nitrogens with zero attached hydrogens (tertiary/aromatic N) is 3. The van der Waals surface area contributed by atoms with Gasteiger partial charge < -0.3 is 15.8 Å². The summed E-state index contributed by atoms with van der Waals surface area (Å²) in [6, 6.07) is 12.9. The number of hydrogen-bond acceptors (Lipinski definition) is 5. The first-order valence-corrected chi connectivity index (χ1v) is 8.85. The van der Waals surface area contributed by atoms with Crippen molar-refractivity contribution in [3.63, 3.8) is 0 Å². The van der Waals surface area contributed by atoms with Crippen LogP contribution in [0.1, 0.15) is 5.69 Å². The maximum atomic E-state index is 13.6. The van der Waals surface area contributed by atoms with Crippen LogP contribution in [-0.2, 0) is 6.18 Å². The number of nitrogens with one attached hydrogen (secondary N) is 1. The van der Waals surface area contributed by atoms with Crippen LogP contribution in [0.3, 0.4) is 0 Å². The summed E-state index contributed by atoms with van der Waals surface area (Å²) in [4.78, 5) is 7.96. The van der Waals surface area contributed by atoms with E-state index >= 15 is 0 Å². The average Bonchev–Trinajstić information content (AvgIpc) is 3.09. The molecule has 0 aliphatic rings. The van der Waals surface area contributed by atoms with Crippen LogP contribution in [0.25, 0.3) is 17.0 Å². The molecule has 0 fully saturated rings. The van der Waals surface area contributed by atoms with Crippen molar-refractivity contribution in [1.29, 1.82) is 0 Å². The van der Waals surface area contributed by atoms with Gasteiger partial charge in [0.2, 0.25) is 0 Å². The Labute approximate surface area is 172 Å². The minimum Gasteiger partial charge on any atom is -0.435 e. The van der Waals surface area contributed by atoms with Gasteiger partial charge in [0.15, 0.2) is 5.69 Å². The van der Waals surface area contributed by atoms with E-state index in [2.05, 4.69) is 20.0 Å². The monoisotopic (exact) mass is 435 g/mol. The van der Waals surface area contributed by atoms with Crippen molar-refractivity contribution in [1.82, 2.24) is 14.4 Å². The van der Waals surface area contributed by atoms with E-state index in [1.165, 1.54) is 53.1 Å². The highest BCUT2D eigenvalue weighted by atomic mass is 19.4. The van der Waals surface area contributed by atoms with E-state index in [1.54, 1.807) is 12.1 Å². The molecule has 0 saturated heterocycles. The number of benzene rings is 1. The predicted molar refractivity (Wildman–Crippen MR) is 104 cm³/mol. The number of nitrogens with two attached hydrogens (primary N) is 1. The van der Waals surface area contributed by atoms with Gasteiger partial charge in [-0.1, -0.05) is 6.07 Å². The summed E-state index contributed by atoms with van der Waals surface area (Å²) >= 11 is 0. The van der Waals surface area contributed by atoms with Crippen LogP contribution in [0.4, 0.5) is 39.1 Å². The second kappa shape index (κ2) is 7.74. The third-order valence-corrected chi connectivity index (χ3v) is 4.24. The Hall–Kier alpha value is -3.89. The van der Waals surface area contributed by atoms with E-state index in [4.69, 9.17) is 5.73 Å². The van der Waals surface area contributed by atoms with Gasteiger partial charge >= 0.3 is 12.8 Å². The summed E-state index contributed by atoms with van der Waals surface area (Å²) < 4.78 is 71.0. The van der Waals surface area contributed by atoms with Gasteiger partial charge in [-0.15, -0.1) is 0 Å². The second-order valence-electron chi connectivity index (χ2n) is 6.43. The van der Waals surface area contributed by atoms with Crippen molar-refractivity contribution in [2.45, 2.75) is 12.8 Å². The van der Waals surface area contributed by atoms with E-state index < -0.39 is 18.5 Å². The van der Waals surface area contributed by atoms with E-state index in [0.29, 0.717) is 5.69 Å². The molecule has 4 rings (SSSR count). The number of halogens is 5. The Morgan fingerprint density at radius 2 is 1.74 bits per heavy atom. The summed E-state index contributed by atoms with van der Waals surface area (Å²) in [5.74, 6) is 0.124. The van der Waals surface area contributed by atoms with Crippen LogP contribution in [-0.4, -0.2) is 21.0 Å². The van der Waals surface area contributed by atoms with Crippen molar-refractivity contribution in [2.75, 3.05) is 11.1 Å². The molecule has 0 bridgehead atoms. The second-order valence-corrected chi connectivity index (χ2v) is 6.43. The molecule has 0 spiro atoms. The lowest BCUT2D eigenvalue weighted by Crippen LogP contribution is -2.09. The molecule has 3 N–H and O–H groups in total. The molecule has 0 amide bonds. The minimum atomic E-state index is -4.71. The topological polar surface area (TPSA) is 77.5 Å². The Bertz CT molecular complexity index is 1220. The Morgan fingerprint density at radius 1 is 1.00 bits per heavy atom. The van der Waals surface area contributed by atoms with Gasteiger partial charge in [0, 0.05) is 23.6 Å². The van der Waals surface area contributed by atoms with Gasteiger partial charge in [-0.05, 0) is 42.5 Å². The summed E-state index contributed by atoms with van der Waals surface area (Å²) in [7, 11) is 0. The molecular formula is C20H14F5N5O. The minimum absolute atomic E-state index is 0.0359. The maximum Gasteiger partial charge on any atom is 0.435 e. The molecule has 4 aromatic rings. The summed E-state index contributed by atoms with van der Waals surface area (Å²) in [5.41, 5.74) is 5.26. The first kappa shape index (κ1) is 20.4. The third-order valence-electron chi connectivity index (χ3n) is 4.24. The van der Waals surface area contributed by atoms with Gasteiger partial charge in [-0.3, -0.25) is 4.40 Å². The third kappa shape index (κ3) is 4.34. The standard InChI is InChI=1S/C20H14F5N5O/c21-19(22)31-13-6-4-12(5-7-13)27-15-10-11(26)9-14(28-15)17-18(20(23,24)25)29-16-3-1-2-8-30(16)17/h1-10,19H,(H3,26,27,28). The number of pyridine rings is 2. The van der Waals surface area contributed by atoms with E-state index in [0.717, 1.165) is 0 Å². The zero-order chi connectivity index (χ0) is 22.2. The molecule has 0 unspecified atom stereocenters. The number of ether oxygens (including phenoxy) is 1. The highest BCUT2D eigenvalue weighted by Gasteiger charge is 2.38. The smallest absolute Gasteiger partial charge is 0.435 e. The summed E-state index contributed by atoms with van der Waals surface area (Å²) in [6.45, 7) is -2.95. The molecule has 31 heavy (non-hydrogen) atoms. The fourth-order valence-corrected chi connectivity index (χ4v) is 3.04. The summed E-state index contributed by atoms with van der Waals surface area (Å²) in [6.07, 6.45) is -3.26. The van der Waals surface area contributed by atoms with Crippen LogP contribution in [0.5, 0.6) is 5.75 Å². The Kier molecular flexibility index (Phi) is 5.09. The number of rotatable bonds is 5.